The summed E-state index contributed by atoms with van der Waals surface area (Å²) in [7, 11) is 0. The molecule has 0 rings (SSSR count). The van der Waals surface area contributed by atoms with E-state index in [1.165, 1.54) is 0 Å². The van der Waals surface area contributed by atoms with Crippen molar-refractivity contribution in [3.63, 3.8) is 0 Å². The van der Waals surface area contributed by atoms with E-state index in [0.717, 1.165) is 38.0 Å². The van der Waals surface area contributed by atoms with Crippen LogP contribution in [0.2, 0.25) is 0 Å². The van der Waals surface area contributed by atoms with Crippen molar-refractivity contribution in [3.05, 3.63) is 12.0 Å². The number of hydrogen-bond donors (Lipinski definition) is 0. The summed E-state index contributed by atoms with van der Waals surface area (Å²) < 4.78 is 13.7. The molecule has 0 heterocycles. The molecule has 112 valence electrons. The molecule has 0 aromatic heterocycles. The van der Waals surface area contributed by atoms with Gasteiger partial charge in [-0.05, 0) is 41.5 Å². The maximum Gasteiger partial charge on any atom is 0.367 e. The van der Waals surface area contributed by atoms with Crippen molar-refractivity contribution in [2.24, 2.45) is 0 Å². The van der Waals surface area contributed by atoms with Crippen molar-refractivity contribution in [1.29, 1.82) is 0 Å². The molecule has 0 radical (unpaired) electrons. The van der Waals surface area contributed by atoms with Crippen molar-refractivity contribution in [2.75, 3.05) is 39.4 Å². The lowest BCUT2D eigenvalue weighted by atomic mass is 10.4. The first-order chi connectivity index (χ1) is 9.18. The van der Waals surface area contributed by atoms with Gasteiger partial charge < -0.3 is 14.4 Å². The zero-order chi connectivity index (χ0) is 14.7. The molecule has 0 aromatic carbocycles. The Morgan fingerprint density at radius 2 is 1.42 bits per heavy atom. The fourth-order valence-corrected chi connectivity index (χ4v) is 1.92. The minimum atomic E-state index is 0.667. The average molecular weight is 271 g/mol. The predicted molar refractivity (Wildman–Crippen MR) is 80.6 cm³/mol. The van der Waals surface area contributed by atoms with Gasteiger partial charge in [0.25, 0.3) is 0 Å². The second kappa shape index (κ2) is 10.7. The Bertz CT molecular complexity index is 289. The fourth-order valence-electron chi connectivity index (χ4n) is 1.92. The second-order valence-electron chi connectivity index (χ2n) is 4.03. The van der Waals surface area contributed by atoms with Crippen LogP contribution in [0.4, 0.5) is 0 Å². The topological polar surface area (TPSA) is 24.7 Å². The largest absolute Gasteiger partial charge is 0.479 e. The third-order valence-electron chi connectivity index (χ3n) is 2.98. The maximum absolute atomic E-state index is 5.76. The van der Waals surface area contributed by atoms with E-state index in [1.54, 1.807) is 0 Å². The van der Waals surface area contributed by atoms with Crippen LogP contribution in [0, 0.1) is 0 Å². The van der Waals surface area contributed by atoms with Crippen LogP contribution in [-0.4, -0.2) is 54.8 Å². The second-order valence-corrected chi connectivity index (χ2v) is 4.03. The average Bonchev–Trinajstić information content (AvgIpc) is 2.41. The Hall–Kier alpha value is -1.19. The lowest BCUT2D eigenvalue weighted by Crippen LogP contribution is -2.28. The van der Waals surface area contributed by atoms with E-state index >= 15 is 0 Å². The predicted octanol–water partition coefficient (Wildman–Crippen LogP) is 2.69. The van der Waals surface area contributed by atoms with Crippen LogP contribution in [0.3, 0.4) is 0 Å². The van der Waals surface area contributed by atoms with Gasteiger partial charge >= 0.3 is 5.90 Å². The van der Waals surface area contributed by atoms with E-state index in [-0.39, 0.29) is 0 Å². The van der Waals surface area contributed by atoms with Crippen molar-refractivity contribution >= 4 is 5.90 Å². The minimum Gasteiger partial charge on any atom is -0.479 e. The van der Waals surface area contributed by atoms with E-state index in [4.69, 9.17) is 9.47 Å². The van der Waals surface area contributed by atoms with Gasteiger partial charge in [-0.2, -0.15) is 4.58 Å². The van der Waals surface area contributed by atoms with Crippen LogP contribution in [0.25, 0.3) is 0 Å². The highest BCUT2D eigenvalue weighted by Crippen LogP contribution is 2.07. The molecular formula is C15H31N2O2+. The zero-order valence-corrected chi connectivity index (χ0v) is 13.5. The Morgan fingerprint density at radius 1 is 0.895 bits per heavy atom. The van der Waals surface area contributed by atoms with Gasteiger partial charge in [-0.3, -0.25) is 0 Å². The van der Waals surface area contributed by atoms with Crippen LogP contribution in [-0.2, 0) is 9.47 Å². The van der Waals surface area contributed by atoms with Gasteiger partial charge in [0.05, 0.1) is 13.2 Å². The lowest BCUT2D eigenvalue weighted by Gasteiger charge is -2.23. The molecule has 0 spiro atoms. The van der Waals surface area contributed by atoms with E-state index in [2.05, 4.69) is 37.2 Å². The molecule has 4 nitrogen and oxygen atoms in total. The van der Waals surface area contributed by atoms with Gasteiger partial charge in [-0.15, -0.1) is 0 Å². The van der Waals surface area contributed by atoms with E-state index in [9.17, 15) is 0 Å². The van der Waals surface area contributed by atoms with Crippen LogP contribution in [0.5, 0.6) is 0 Å². The third-order valence-corrected chi connectivity index (χ3v) is 2.98. The summed E-state index contributed by atoms with van der Waals surface area (Å²) in [4.78, 5) is 2.20. The lowest BCUT2D eigenvalue weighted by molar-refractivity contribution is -0.528. The van der Waals surface area contributed by atoms with Gasteiger partial charge in [0.2, 0.25) is 0 Å². The number of hydrogen-bond acceptors (Lipinski definition) is 3. The number of nitrogens with zero attached hydrogens (tertiary/aromatic N) is 2. The molecule has 0 fully saturated rings. The summed E-state index contributed by atoms with van der Waals surface area (Å²) in [6, 6.07) is 0. The fraction of sp³-hybridized carbons (Fsp3) is 0.800. The van der Waals surface area contributed by atoms with Gasteiger partial charge in [-0.1, -0.05) is 0 Å². The molecule has 0 aromatic rings. The van der Waals surface area contributed by atoms with E-state index in [0.29, 0.717) is 13.2 Å². The van der Waals surface area contributed by atoms with E-state index in [1.807, 2.05) is 19.9 Å². The Labute approximate surface area is 118 Å². The summed E-state index contributed by atoms with van der Waals surface area (Å²) in [5, 5.41) is 0. The molecule has 4 heteroatoms. The van der Waals surface area contributed by atoms with Crippen molar-refractivity contribution in [3.8, 4) is 0 Å². The molecule has 0 saturated carbocycles. The van der Waals surface area contributed by atoms with Gasteiger partial charge in [0.15, 0.2) is 5.88 Å². The summed E-state index contributed by atoms with van der Waals surface area (Å²) in [6.07, 6.45) is 2.02. The highest BCUT2D eigenvalue weighted by Gasteiger charge is 2.15. The van der Waals surface area contributed by atoms with Crippen LogP contribution < -0.4 is 0 Å². The molecule has 0 N–H and O–H groups in total. The molecular weight excluding hydrogens is 240 g/mol. The SMILES string of the molecule is CCOC(/C=C(/OCC)N(CC)CC)=[N+](CC)CC. The van der Waals surface area contributed by atoms with Crippen molar-refractivity contribution in [2.45, 2.75) is 41.5 Å². The standard InChI is InChI=1S/C15H31N2O2/c1-7-16(8-2)14(18-11-5)13-15(19-12-6)17(9-3)10-4/h13H,7-12H2,1-6H3/q+1. The quantitative estimate of drug-likeness (QED) is 0.279. The van der Waals surface area contributed by atoms with Gasteiger partial charge in [0.1, 0.15) is 19.2 Å². The van der Waals surface area contributed by atoms with Crippen LogP contribution in [0.1, 0.15) is 41.5 Å². The molecule has 0 aliphatic carbocycles. The summed E-state index contributed by atoms with van der Waals surface area (Å²) in [5.74, 6) is 1.78. The number of rotatable bonds is 9. The Balaban J connectivity index is 5.37. The van der Waals surface area contributed by atoms with Crippen LogP contribution >= 0.6 is 0 Å². The normalized spacial score (nSPS) is 11.2. The third kappa shape index (κ3) is 5.99. The molecule has 0 atom stereocenters. The Kier molecular flexibility index (Phi) is 10.0. The molecule has 19 heavy (non-hydrogen) atoms. The van der Waals surface area contributed by atoms with Gasteiger partial charge in [0, 0.05) is 13.1 Å². The molecule has 0 aliphatic rings. The highest BCUT2D eigenvalue weighted by molar-refractivity contribution is 5.83. The van der Waals surface area contributed by atoms with Gasteiger partial charge in [-0.25, -0.2) is 0 Å². The molecule has 0 saturated heterocycles. The van der Waals surface area contributed by atoms with E-state index < -0.39 is 0 Å². The molecule has 0 amide bonds. The summed E-state index contributed by atoms with van der Waals surface area (Å²) >= 11 is 0. The first kappa shape index (κ1) is 17.8. The molecule has 0 unspecified atom stereocenters. The molecule has 0 bridgehead atoms. The Morgan fingerprint density at radius 3 is 1.79 bits per heavy atom. The maximum atomic E-state index is 5.76. The minimum absolute atomic E-state index is 0.667. The molecule has 0 aliphatic heterocycles. The van der Waals surface area contributed by atoms with Crippen LogP contribution in [0.15, 0.2) is 12.0 Å². The smallest absolute Gasteiger partial charge is 0.367 e. The van der Waals surface area contributed by atoms with Crippen molar-refractivity contribution < 1.29 is 14.0 Å². The summed E-state index contributed by atoms with van der Waals surface area (Å²) in [5.41, 5.74) is 0. The highest BCUT2D eigenvalue weighted by atomic mass is 16.5. The zero-order valence-electron chi connectivity index (χ0n) is 13.5. The van der Waals surface area contributed by atoms with Crippen molar-refractivity contribution in [1.82, 2.24) is 4.90 Å². The first-order valence-corrected chi connectivity index (χ1v) is 7.52. The first-order valence-electron chi connectivity index (χ1n) is 7.52. The number of ether oxygens (including phenoxy) is 2. The monoisotopic (exact) mass is 271 g/mol. The summed E-state index contributed by atoms with van der Waals surface area (Å²) in [6.45, 7) is 17.6.